The summed E-state index contributed by atoms with van der Waals surface area (Å²) >= 11 is 0. The first-order valence-corrected chi connectivity index (χ1v) is 12.0. The van der Waals surface area contributed by atoms with Crippen LogP contribution in [-0.2, 0) is 23.3 Å². The van der Waals surface area contributed by atoms with Crippen LogP contribution in [0.5, 0.6) is 5.75 Å². The maximum absolute atomic E-state index is 14.5. The molecule has 1 amide bonds. The number of pyridine rings is 1. The fourth-order valence-electron chi connectivity index (χ4n) is 5.26. The number of nitrogens with zero attached hydrogens (tertiary/aromatic N) is 4. The van der Waals surface area contributed by atoms with Crippen LogP contribution in [0.1, 0.15) is 37.4 Å². The molecular weight excluding hydrogens is 529 g/mol. The standard InChI is InChI=1S/C25H24F5N5O4/c1-13(15-5-4-6-18-20(15)39-12-24(18,26)27)31-21-17-10-35(19(37)9-16(17)22(38)33(3)32-21)23(25(28,29)30)7-8-34(11-23)14(2)36/h4-6,9-10,13H,7-8,11-12H2,1-3H3,(H,31,32)/t13-,23-/m1/s1. The Kier molecular flexibility index (Phi) is 5.99. The van der Waals surface area contributed by atoms with Gasteiger partial charge in [-0.1, -0.05) is 12.1 Å². The van der Waals surface area contributed by atoms with Crippen LogP contribution in [0.25, 0.3) is 10.8 Å². The maximum Gasteiger partial charge on any atom is 0.413 e. The van der Waals surface area contributed by atoms with Crippen LogP contribution in [0, 0.1) is 0 Å². The molecule has 0 saturated carbocycles. The third kappa shape index (κ3) is 4.12. The van der Waals surface area contributed by atoms with Gasteiger partial charge < -0.3 is 15.0 Å². The summed E-state index contributed by atoms with van der Waals surface area (Å²) < 4.78 is 78.6. The highest BCUT2D eigenvalue weighted by molar-refractivity contribution is 5.90. The minimum absolute atomic E-state index is 0.0140. The zero-order chi connectivity index (χ0) is 28.5. The predicted molar refractivity (Wildman–Crippen MR) is 130 cm³/mol. The number of para-hydroxylation sites is 1. The second kappa shape index (κ2) is 8.78. The minimum Gasteiger partial charge on any atom is -0.486 e. The number of carbonyl (C=O) groups is 1. The van der Waals surface area contributed by atoms with Crippen molar-refractivity contribution in [1.29, 1.82) is 0 Å². The highest BCUT2D eigenvalue weighted by atomic mass is 19.4. The number of amides is 1. The third-order valence-electron chi connectivity index (χ3n) is 7.42. The van der Waals surface area contributed by atoms with E-state index in [1.807, 2.05) is 0 Å². The Morgan fingerprint density at radius 1 is 1.21 bits per heavy atom. The maximum atomic E-state index is 14.5. The summed E-state index contributed by atoms with van der Waals surface area (Å²) in [4.78, 5) is 38.7. The molecule has 39 heavy (non-hydrogen) atoms. The van der Waals surface area contributed by atoms with Gasteiger partial charge in [-0.3, -0.25) is 19.0 Å². The van der Waals surface area contributed by atoms with E-state index in [0.29, 0.717) is 10.1 Å². The highest BCUT2D eigenvalue weighted by Gasteiger charge is 2.60. The second-order valence-corrected chi connectivity index (χ2v) is 9.89. The lowest BCUT2D eigenvalue weighted by Gasteiger charge is -2.34. The van der Waals surface area contributed by atoms with E-state index in [2.05, 4.69) is 10.4 Å². The number of rotatable bonds is 4. The van der Waals surface area contributed by atoms with Gasteiger partial charge >= 0.3 is 12.1 Å². The number of benzene rings is 1. The molecule has 0 bridgehead atoms. The van der Waals surface area contributed by atoms with E-state index in [9.17, 15) is 36.3 Å². The number of fused-ring (bicyclic) bond motifs is 2. The van der Waals surface area contributed by atoms with Gasteiger partial charge in [-0.2, -0.15) is 27.1 Å². The molecule has 9 nitrogen and oxygen atoms in total. The van der Waals surface area contributed by atoms with Crippen molar-refractivity contribution in [3.8, 4) is 5.75 Å². The molecule has 1 aromatic carbocycles. The Labute approximate surface area is 217 Å². The first-order valence-electron chi connectivity index (χ1n) is 12.0. The largest absolute Gasteiger partial charge is 0.486 e. The summed E-state index contributed by atoms with van der Waals surface area (Å²) in [6, 6.07) is 4.33. The van der Waals surface area contributed by atoms with E-state index in [1.54, 1.807) is 13.0 Å². The molecule has 1 saturated heterocycles. The number of likely N-dealkylation sites (tertiary alicyclic amines) is 1. The van der Waals surface area contributed by atoms with Crippen molar-refractivity contribution in [3.63, 3.8) is 0 Å². The minimum atomic E-state index is -4.91. The van der Waals surface area contributed by atoms with E-state index >= 15 is 0 Å². The molecule has 3 aromatic rings. The molecule has 0 aliphatic carbocycles. The Bertz CT molecular complexity index is 1620. The van der Waals surface area contributed by atoms with Gasteiger partial charge in [-0.05, 0) is 19.4 Å². The number of aryl methyl sites for hydroxylation is 1. The molecule has 2 aromatic heterocycles. The molecule has 5 rings (SSSR count). The second-order valence-electron chi connectivity index (χ2n) is 9.89. The zero-order valence-corrected chi connectivity index (χ0v) is 21.1. The number of halogens is 5. The first kappa shape index (κ1) is 26.6. The molecule has 0 spiro atoms. The fraction of sp³-hybridized carbons (Fsp3) is 0.440. The summed E-state index contributed by atoms with van der Waals surface area (Å²) in [7, 11) is 1.31. The van der Waals surface area contributed by atoms with Crippen molar-refractivity contribution in [3.05, 3.63) is 62.3 Å². The number of nitrogens with one attached hydrogen (secondary N) is 1. The van der Waals surface area contributed by atoms with Crippen molar-refractivity contribution in [2.75, 3.05) is 25.0 Å². The zero-order valence-electron chi connectivity index (χ0n) is 21.1. The lowest BCUT2D eigenvalue weighted by molar-refractivity contribution is -0.211. The van der Waals surface area contributed by atoms with Crippen molar-refractivity contribution < 1.29 is 31.5 Å². The van der Waals surface area contributed by atoms with E-state index in [0.717, 1.165) is 28.8 Å². The van der Waals surface area contributed by atoms with Crippen molar-refractivity contribution in [2.24, 2.45) is 7.05 Å². The molecule has 208 valence electrons. The van der Waals surface area contributed by atoms with Gasteiger partial charge in [0, 0.05) is 43.7 Å². The molecule has 2 aliphatic heterocycles. The lowest BCUT2D eigenvalue weighted by atomic mass is 9.96. The van der Waals surface area contributed by atoms with Crippen LogP contribution < -0.4 is 21.2 Å². The number of alkyl halides is 5. The van der Waals surface area contributed by atoms with Crippen LogP contribution in [-0.4, -0.2) is 51.0 Å². The molecule has 4 heterocycles. The van der Waals surface area contributed by atoms with Gasteiger partial charge in [-0.15, -0.1) is 0 Å². The molecule has 14 heteroatoms. The predicted octanol–water partition coefficient (Wildman–Crippen LogP) is 3.26. The van der Waals surface area contributed by atoms with Gasteiger partial charge in [0.1, 0.15) is 5.75 Å². The van der Waals surface area contributed by atoms with Gasteiger partial charge in [0.15, 0.2) is 18.0 Å². The average Bonchev–Trinajstić information content (AvgIpc) is 3.45. The van der Waals surface area contributed by atoms with E-state index in [1.165, 1.54) is 19.2 Å². The number of ether oxygens (including phenoxy) is 1. The topological polar surface area (TPSA) is 98.5 Å². The van der Waals surface area contributed by atoms with E-state index in [4.69, 9.17) is 4.74 Å². The molecule has 0 radical (unpaired) electrons. The summed E-state index contributed by atoms with van der Waals surface area (Å²) in [6.45, 7) is 0.960. The normalized spacial score (nSPS) is 21.1. The van der Waals surface area contributed by atoms with Crippen LogP contribution in [0.15, 0.2) is 40.1 Å². The number of anilines is 1. The molecule has 2 aliphatic rings. The van der Waals surface area contributed by atoms with Crippen LogP contribution >= 0.6 is 0 Å². The third-order valence-corrected chi connectivity index (χ3v) is 7.42. The average molecular weight is 553 g/mol. The summed E-state index contributed by atoms with van der Waals surface area (Å²) in [5.74, 6) is -3.80. The molecular formula is C25H24F5N5O4. The first-order chi connectivity index (χ1) is 18.2. The SMILES string of the molecule is CC(=O)N1CC[C@](n2cc3c(N[C@H](C)c4cccc5c4OCC5(F)F)nn(C)c(=O)c3cc2=O)(C(F)(F)F)C1. The number of carbonyl (C=O) groups excluding carboxylic acids is 1. The molecule has 1 N–H and O–H groups in total. The number of hydrogen-bond donors (Lipinski definition) is 1. The Balaban J connectivity index is 1.65. The van der Waals surface area contributed by atoms with Crippen molar-refractivity contribution >= 4 is 22.5 Å². The Morgan fingerprint density at radius 2 is 1.92 bits per heavy atom. The fourth-order valence-corrected chi connectivity index (χ4v) is 5.26. The molecule has 1 fully saturated rings. The van der Waals surface area contributed by atoms with Crippen LogP contribution in [0.4, 0.5) is 27.8 Å². The summed E-state index contributed by atoms with van der Waals surface area (Å²) in [6.07, 6.45) is -4.53. The Morgan fingerprint density at radius 3 is 2.56 bits per heavy atom. The van der Waals surface area contributed by atoms with Crippen LogP contribution in [0.2, 0.25) is 0 Å². The van der Waals surface area contributed by atoms with Gasteiger partial charge in [0.25, 0.3) is 11.1 Å². The molecule has 0 unspecified atom stereocenters. The number of aromatic nitrogens is 3. The van der Waals surface area contributed by atoms with Gasteiger partial charge in [-0.25, -0.2) is 4.68 Å². The monoisotopic (exact) mass is 553 g/mol. The van der Waals surface area contributed by atoms with Gasteiger partial charge in [0.05, 0.1) is 23.5 Å². The number of hydrogen-bond acceptors (Lipinski definition) is 6. The summed E-state index contributed by atoms with van der Waals surface area (Å²) in [5.41, 5.74) is -4.43. The van der Waals surface area contributed by atoms with E-state index in [-0.39, 0.29) is 34.4 Å². The van der Waals surface area contributed by atoms with Crippen LogP contribution in [0.3, 0.4) is 0 Å². The van der Waals surface area contributed by atoms with E-state index < -0.39 is 60.3 Å². The smallest absolute Gasteiger partial charge is 0.413 e. The molecule has 2 atom stereocenters. The van der Waals surface area contributed by atoms with Gasteiger partial charge in [0.2, 0.25) is 5.91 Å². The van der Waals surface area contributed by atoms with Crippen molar-refractivity contribution in [1.82, 2.24) is 19.2 Å². The summed E-state index contributed by atoms with van der Waals surface area (Å²) in [5, 5.41) is 6.89. The Hall–Kier alpha value is -3.97. The quantitative estimate of drug-likeness (QED) is 0.499. The highest BCUT2D eigenvalue weighted by Crippen LogP contribution is 2.46. The van der Waals surface area contributed by atoms with Crippen molar-refractivity contribution in [2.45, 2.75) is 43.9 Å². The lowest BCUT2D eigenvalue weighted by Crippen LogP contribution is -2.54.